The SMILES string of the molecule is Cc1cc(-c2noc(NN)n2)cc(C)c1Br. The topological polar surface area (TPSA) is 77.0 Å². The summed E-state index contributed by atoms with van der Waals surface area (Å²) < 4.78 is 5.96. The van der Waals surface area contributed by atoms with Crippen LogP contribution in [0, 0.1) is 13.8 Å². The molecule has 0 radical (unpaired) electrons. The van der Waals surface area contributed by atoms with Crippen molar-refractivity contribution in [3.05, 3.63) is 27.7 Å². The number of aromatic nitrogens is 2. The summed E-state index contributed by atoms with van der Waals surface area (Å²) in [5.41, 5.74) is 5.47. The molecule has 6 heteroatoms. The van der Waals surface area contributed by atoms with Gasteiger partial charge in [-0.3, -0.25) is 5.43 Å². The first-order valence-corrected chi connectivity index (χ1v) is 5.48. The van der Waals surface area contributed by atoms with Crippen LogP contribution in [0.1, 0.15) is 11.1 Å². The molecular formula is C10H11BrN4O. The van der Waals surface area contributed by atoms with Crippen LogP contribution >= 0.6 is 15.9 Å². The highest BCUT2D eigenvalue weighted by Crippen LogP contribution is 2.27. The molecule has 84 valence electrons. The molecule has 0 spiro atoms. The highest BCUT2D eigenvalue weighted by atomic mass is 79.9. The lowest BCUT2D eigenvalue weighted by Crippen LogP contribution is -2.06. The zero-order valence-electron chi connectivity index (χ0n) is 8.91. The summed E-state index contributed by atoms with van der Waals surface area (Å²) >= 11 is 3.51. The number of benzene rings is 1. The van der Waals surface area contributed by atoms with Crippen molar-refractivity contribution in [2.24, 2.45) is 5.84 Å². The Morgan fingerprint density at radius 3 is 2.44 bits per heavy atom. The molecule has 1 aromatic heterocycles. The molecule has 3 N–H and O–H groups in total. The molecule has 0 aliphatic rings. The van der Waals surface area contributed by atoms with Crippen LogP contribution in [0.3, 0.4) is 0 Å². The van der Waals surface area contributed by atoms with E-state index >= 15 is 0 Å². The van der Waals surface area contributed by atoms with E-state index in [1.54, 1.807) is 0 Å². The van der Waals surface area contributed by atoms with Gasteiger partial charge in [-0.25, -0.2) is 5.84 Å². The molecule has 2 rings (SSSR count). The van der Waals surface area contributed by atoms with Gasteiger partial charge in [-0.1, -0.05) is 21.1 Å². The Kier molecular flexibility index (Phi) is 2.93. The van der Waals surface area contributed by atoms with Crippen molar-refractivity contribution in [1.82, 2.24) is 10.1 Å². The van der Waals surface area contributed by atoms with Gasteiger partial charge in [-0.2, -0.15) is 4.98 Å². The number of nitrogens with two attached hydrogens (primary N) is 1. The van der Waals surface area contributed by atoms with Crippen LogP contribution in [-0.2, 0) is 0 Å². The maximum atomic E-state index is 5.17. The van der Waals surface area contributed by atoms with Crippen molar-refractivity contribution in [3.8, 4) is 11.4 Å². The Morgan fingerprint density at radius 2 is 1.94 bits per heavy atom. The molecule has 0 unspecified atom stereocenters. The summed E-state index contributed by atoms with van der Waals surface area (Å²) in [6.45, 7) is 4.03. The second kappa shape index (κ2) is 4.23. The van der Waals surface area contributed by atoms with E-state index in [2.05, 4.69) is 31.5 Å². The van der Waals surface area contributed by atoms with Gasteiger partial charge in [-0.15, -0.1) is 0 Å². The lowest BCUT2D eigenvalue weighted by Gasteiger charge is -2.04. The van der Waals surface area contributed by atoms with Crippen molar-refractivity contribution < 1.29 is 4.52 Å². The number of nitrogens with one attached hydrogen (secondary N) is 1. The monoisotopic (exact) mass is 282 g/mol. The van der Waals surface area contributed by atoms with Gasteiger partial charge in [0.25, 0.3) is 0 Å². The summed E-state index contributed by atoms with van der Waals surface area (Å²) in [7, 11) is 0. The summed E-state index contributed by atoms with van der Waals surface area (Å²) in [5, 5.41) is 3.83. The van der Waals surface area contributed by atoms with Crippen LogP contribution < -0.4 is 11.3 Å². The molecule has 0 aliphatic carbocycles. The summed E-state index contributed by atoms with van der Waals surface area (Å²) in [6.07, 6.45) is 0. The number of nitrogen functional groups attached to an aromatic ring is 1. The van der Waals surface area contributed by atoms with Gasteiger partial charge in [0, 0.05) is 10.0 Å². The van der Waals surface area contributed by atoms with Crippen LogP contribution in [0.2, 0.25) is 0 Å². The van der Waals surface area contributed by atoms with E-state index in [-0.39, 0.29) is 6.01 Å². The molecule has 0 atom stereocenters. The zero-order valence-corrected chi connectivity index (χ0v) is 10.5. The molecule has 0 fully saturated rings. The number of aryl methyl sites for hydroxylation is 2. The molecule has 0 bridgehead atoms. The lowest BCUT2D eigenvalue weighted by molar-refractivity contribution is 0.432. The van der Waals surface area contributed by atoms with Gasteiger partial charge >= 0.3 is 6.01 Å². The third kappa shape index (κ3) is 1.94. The fourth-order valence-electron chi connectivity index (χ4n) is 1.47. The number of halogens is 1. The minimum Gasteiger partial charge on any atom is -0.314 e. The lowest BCUT2D eigenvalue weighted by atomic mass is 10.1. The van der Waals surface area contributed by atoms with Crippen molar-refractivity contribution in [2.45, 2.75) is 13.8 Å². The van der Waals surface area contributed by atoms with Crippen LogP contribution in [0.15, 0.2) is 21.1 Å². The largest absolute Gasteiger partial charge is 0.335 e. The first kappa shape index (κ1) is 11.1. The normalized spacial score (nSPS) is 10.5. The third-order valence-corrected chi connectivity index (χ3v) is 3.49. The fraction of sp³-hybridized carbons (Fsp3) is 0.200. The molecule has 16 heavy (non-hydrogen) atoms. The van der Waals surface area contributed by atoms with E-state index < -0.39 is 0 Å². The van der Waals surface area contributed by atoms with Crippen molar-refractivity contribution in [3.63, 3.8) is 0 Å². The Labute approximate surface area is 101 Å². The zero-order chi connectivity index (χ0) is 11.7. The van der Waals surface area contributed by atoms with E-state index in [0.29, 0.717) is 5.82 Å². The van der Waals surface area contributed by atoms with Crippen molar-refractivity contribution in [1.29, 1.82) is 0 Å². The Morgan fingerprint density at radius 1 is 1.31 bits per heavy atom. The average Bonchev–Trinajstić information content (AvgIpc) is 2.73. The van der Waals surface area contributed by atoms with Crippen molar-refractivity contribution >= 4 is 21.9 Å². The van der Waals surface area contributed by atoms with E-state index in [0.717, 1.165) is 21.2 Å². The van der Waals surface area contributed by atoms with Crippen LogP contribution in [-0.4, -0.2) is 10.1 Å². The number of rotatable bonds is 2. The van der Waals surface area contributed by atoms with Gasteiger partial charge in [0.15, 0.2) is 0 Å². The highest BCUT2D eigenvalue weighted by molar-refractivity contribution is 9.10. The Bertz CT molecular complexity index is 500. The summed E-state index contributed by atoms with van der Waals surface area (Å²) in [4.78, 5) is 4.08. The predicted octanol–water partition coefficient (Wildman–Crippen LogP) is 2.40. The molecule has 1 aromatic carbocycles. The Hall–Kier alpha value is -1.40. The molecule has 1 heterocycles. The van der Waals surface area contributed by atoms with Gasteiger partial charge in [0.2, 0.25) is 5.82 Å². The number of hydrogen-bond acceptors (Lipinski definition) is 5. The fourth-order valence-corrected chi connectivity index (χ4v) is 1.70. The van der Waals surface area contributed by atoms with Gasteiger partial charge in [0.05, 0.1) is 0 Å². The van der Waals surface area contributed by atoms with E-state index in [9.17, 15) is 0 Å². The van der Waals surface area contributed by atoms with E-state index in [1.165, 1.54) is 0 Å². The van der Waals surface area contributed by atoms with Crippen LogP contribution in [0.25, 0.3) is 11.4 Å². The highest BCUT2D eigenvalue weighted by Gasteiger charge is 2.10. The van der Waals surface area contributed by atoms with E-state index in [4.69, 9.17) is 10.4 Å². The molecule has 0 amide bonds. The number of anilines is 1. The molecular weight excluding hydrogens is 272 g/mol. The van der Waals surface area contributed by atoms with Crippen LogP contribution in [0.4, 0.5) is 6.01 Å². The quantitative estimate of drug-likeness (QED) is 0.653. The smallest absolute Gasteiger partial charge is 0.314 e. The summed E-state index contributed by atoms with van der Waals surface area (Å²) in [5.74, 6) is 5.69. The molecule has 0 saturated heterocycles. The molecule has 0 saturated carbocycles. The molecule has 2 aromatic rings. The maximum absolute atomic E-state index is 5.17. The van der Waals surface area contributed by atoms with Gasteiger partial charge in [-0.05, 0) is 37.1 Å². The average molecular weight is 283 g/mol. The van der Waals surface area contributed by atoms with Gasteiger partial charge in [0.1, 0.15) is 0 Å². The number of nitrogens with zero attached hydrogens (tertiary/aromatic N) is 2. The second-order valence-corrected chi connectivity index (χ2v) is 4.28. The first-order valence-electron chi connectivity index (χ1n) is 4.69. The van der Waals surface area contributed by atoms with Crippen LogP contribution in [0.5, 0.6) is 0 Å². The van der Waals surface area contributed by atoms with Crippen molar-refractivity contribution in [2.75, 3.05) is 5.43 Å². The Balaban J connectivity index is 2.48. The number of hydrazine groups is 1. The first-order chi connectivity index (χ1) is 7.61. The molecule has 5 nitrogen and oxygen atoms in total. The molecule has 0 aliphatic heterocycles. The van der Waals surface area contributed by atoms with E-state index in [1.807, 2.05) is 26.0 Å². The standard InChI is InChI=1S/C10H11BrN4O/c1-5-3-7(4-6(2)8(5)11)9-13-10(14-12)16-15-9/h3-4H,12H2,1-2H3,(H,13,14,15). The number of hydrogen-bond donors (Lipinski definition) is 2. The minimum atomic E-state index is 0.202. The summed E-state index contributed by atoms with van der Waals surface area (Å²) in [6, 6.07) is 4.18. The van der Waals surface area contributed by atoms with Gasteiger partial charge < -0.3 is 4.52 Å². The maximum Gasteiger partial charge on any atom is 0.335 e. The third-order valence-electron chi connectivity index (χ3n) is 2.24. The minimum absolute atomic E-state index is 0.202. The predicted molar refractivity (Wildman–Crippen MR) is 64.7 cm³/mol. The second-order valence-electron chi connectivity index (χ2n) is 3.49.